The van der Waals surface area contributed by atoms with Crippen molar-refractivity contribution in [3.05, 3.63) is 12.2 Å². The van der Waals surface area contributed by atoms with E-state index in [-0.39, 0.29) is 6.03 Å². The van der Waals surface area contributed by atoms with Crippen LogP contribution in [-0.4, -0.2) is 56.8 Å². The average Bonchev–Trinajstić information content (AvgIpc) is 2.96. The maximum atomic E-state index is 11.9. The predicted octanol–water partition coefficient (Wildman–Crippen LogP) is 0.244. The Kier molecular flexibility index (Phi) is 4.91. The van der Waals surface area contributed by atoms with Crippen LogP contribution < -0.4 is 5.32 Å². The number of hydrogen-bond acceptors (Lipinski definition) is 4. The molecule has 0 radical (unpaired) electrons. The Morgan fingerprint density at radius 1 is 1.55 bits per heavy atom. The van der Waals surface area contributed by atoms with E-state index < -0.39 is 11.9 Å². The second-order valence-corrected chi connectivity index (χ2v) is 4.89. The number of aryl methyl sites for hydroxylation is 1. The number of nitrogens with zero attached hydrogens (tertiary/aromatic N) is 3. The molecular formula is C12H19N5O3. The lowest BCUT2D eigenvalue weighted by Crippen LogP contribution is -2.47. The molecule has 2 rings (SSSR count). The number of carbonyl (C=O) groups is 2. The molecular weight excluding hydrogens is 262 g/mol. The van der Waals surface area contributed by atoms with Gasteiger partial charge in [-0.1, -0.05) is 0 Å². The number of hydrogen-bond donors (Lipinski definition) is 3. The van der Waals surface area contributed by atoms with E-state index >= 15 is 0 Å². The van der Waals surface area contributed by atoms with Crippen LogP contribution in [0.3, 0.4) is 0 Å². The summed E-state index contributed by atoms with van der Waals surface area (Å²) in [6.45, 7) is 1.45. The summed E-state index contributed by atoms with van der Waals surface area (Å²) in [5, 5.41) is 18.3. The summed E-state index contributed by atoms with van der Waals surface area (Å²) in [5.74, 6) is -0.473. The van der Waals surface area contributed by atoms with E-state index in [4.69, 9.17) is 5.11 Å². The first-order valence-corrected chi connectivity index (χ1v) is 6.76. The van der Waals surface area contributed by atoms with Crippen LogP contribution in [0.15, 0.2) is 6.33 Å². The number of H-pyrrole nitrogens is 1. The topological polar surface area (TPSA) is 111 Å². The highest BCUT2D eigenvalue weighted by Crippen LogP contribution is 2.16. The number of aromatic nitrogens is 3. The molecule has 1 aromatic rings. The lowest BCUT2D eigenvalue weighted by atomic mass is 9.99. The standard InChI is InChI=1S/C12H19N5O3/c18-11(19)9-3-2-6-17(7-9)12(20)13-5-1-4-10-14-8-15-16-10/h8-9H,1-7H2,(H,13,20)(H,18,19)(H,14,15,16)/t9-/m1/s1. The molecule has 1 aliphatic heterocycles. The molecule has 1 saturated heterocycles. The highest BCUT2D eigenvalue weighted by atomic mass is 16.4. The molecule has 2 amide bonds. The zero-order chi connectivity index (χ0) is 14.4. The maximum Gasteiger partial charge on any atom is 0.317 e. The van der Waals surface area contributed by atoms with Crippen LogP contribution in [-0.2, 0) is 11.2 Å². The van der Waals surface area contributed by atoms with Crippen molar-refractivity contribution < 1.29 is 14.7 Å². The van der Waals surface area contributed by atoms with Gasteiger partial charge in [-0.05, 0) is 19.3 Å². The summed E-state index contributed by atoms with van der Waals surface area (Å²) in [5.41, 5.74) is 0. The summed E-state index contributed by atoms with van der Waals surface area (Å²) >= 11 is 0. The number of likely N-dealkylation sites (tertiary alicyclic amines) is 1. The third kappa shape index (κ3) is 3.94. The number of piperidine rings is 1. The van der Waals surface area contributed by atoms with Gasteiger partial charge < -0.3 is 15.3 Å². The van der Waals surface area contributed by atoms with E-state index in [1.807, 2.05) is 0 Å². The lowest BCUT2D eigenvalue weighted by Gasteiger charge is -2.30. The van der Waals surface area contributed by atoms with Crippen molar-refractivity contribution >= 4 is 12.0 Å². The summed E-state index contributed by atoms with van der Waals surface area (Å²) < 4.78 is 0. The number of aliphatic carboxylic acids is 1. The highest BCUT2D eigenvalue weighted by Gasteiger charge is 2.27. The summed E-state index contributed by atoms with van der Waals surface area (Å²) in [6, 6.07) is -0.187. The molecule has 8 nitrogen and oxygen atoms in total. The van der Waals surface area contributed by atoms with E-state index in [1.165, 1.54) is 6.33 Å². The normalized spacial score (nSPS) is 18.8. The van der Waals surface area contributed by atoms with E-state index in [1.54, 1.807) is 4.90 Å². The molecule has 0 spiro atoms. The van der Waals surface area contributed by atoms with Crippen LogP contribution >= 0.6 is 0 Å². The van der Waals surface area contributed by atoms with E-state index in [0.29, 0.717) is 26.1 Å². The fourth-order valence-corrected chi connectivity index (χ4v) is 2.28. The molecule has 20 heavy (non-hydrogen) atoms. The largest absolute Gasteiger partial charge is 0.481 e. The lowest BCUT2D eigenvalue weighted by molar-refractivity contribution is -0.143. The highest BCUT2D eigenvalue weighted by molar-refractivity contribution is 5.76. The Labute approximate surface area is 116 Å². The zero-order valence-corrected chi connectivity index (χ0v) is 11.2. The number of amides is 2. The van der Waals surface area contributed by atoms with Crippen LogP contribution in [0.25, 0.3) is 0 Å². The molecule has 0 aromatic carbocycles. The van der Waals surface area contributed by atoms with Crippen LogP contribution in [0.5, 0.6) is 0 Å². The van der Waals surface area contributed by atoms with Crippen molar-refractivity contribution in [3.63, 3.8) is 0 Å². The first kappa shape index (κ1) is 14.3. The Hall–Kier alpha value is -2.12. The van der Waals surface area contributed by atoms with Gasteiger partial charge in [0.15, 0.2) is 0 Å². The number of urea groups is 1. The average molecular weight is 281 g/mol. The Bertz CT molecular complexity index is 448. The Balaban J connectivity index is 1.67. The van der Waals surface area contributed by atoms with Gasteiger partial charge in [0, 0.05) is 26.1 Å². The Morgan fingerprint density at radius 3 is 3.10 bits per heavy atom. The molecule has 0 unspecified atom stereocenters. The smallest absolute Gasteiger partial charge is 0.317 e. The zero-order valence-electron chi connectivity index (χ0n) is 11.2. The predicted molar refractivity (Wildman–Crippen MR) is 70.0 cm³/mol. The monoisotopic (exact) mass is 281 g/mol. The van der Waals surface area contributed by atoms with Crippen molar-refractivity contribution in [2.45, 2.75) is 25.7 Å². The second-order valence-electron chi connectivity index (χ2n) is 4.89. The second kappa shape index (κ2) is 6.88. The van der Waals surface area contributed by atoms with Gasteiger partial charge >= 0.3 is 12.0 Å². The summed E-state index contributed by atoms with van der Waals surface area (Å²) in [4.78, 5) is 28.4. The Morgan fingerprint density at radius 2 is 2.40 bits per heavy atom. The minimum absolute atomic E-state index is 0.187. The fraction of sp³-hybridized carbons (Fsp3) is 0.667. The van der Waals surface area contributed by atoms with Crippen molar-refractivity contribution in [1.29, 1.82) is 0 Å². The minimum Gasteiger partial charge on any atom is -0.481 e. The summed E-state index contributed by atoms with van der Waals surface area (Å²) in [7, 11) is 0. The van der Waals surface area contributed by atoms with Crippen molar-refractivity contribution in [2.24, 2.45) is 5.92 Å². The fourth-order valence-electron chi connectivity index (χ4n) is 2.28. The molecule has 0 bridgehead atoms. The third-order valence-corrected chi connectivity index (χ3v) is 3.39. The maximum absolute atomic E-state index is 11.9. The quantitative estimate of drug-likeness (QED) is 0.670. The molecule has 1 aliphatic rings. The number of carboxylic acid groups (broad SMARTS) is 1. The van der Waals surface area contributed by atoms with Gasteiger partial charge in [0.25, 0.3) is 0 Å². The minimum atomic E-state index is -0.826. The first-order valence-electron chi connectivity index (χ1n) is 6.76. The molecule has 1 aromatic heterocycles. The summed E-state index contributed by atoms with van der Waals surface area (Å²) in [6.07, 6.45) is 4.32. The molecule has 1 fully saturated rings. The van der Waals surface area contributed by atoms with Crippen LogP contribution in [0.4, 0.5) is 4.79 Å². The number of carbonyl (C=O) groups excluding carboxylic acids is 1. The third-order valence-electron chi connectivity index (χ3n) is 3.39. The van der Waals surface area contributed by atoms with Gasteiger partial charge in [-0.15, -0.1) is 0 Å². The molecule has 0 aliphatic carbocycles. The van der Waals surface area contributed by atoms with Gasteiger partial charge in [0.2, 0.25) is 0 Å². The van der Waals surface area contributed by atoms with E-state index in [9.17, 15) is 9.59 Å². The number of rotatable bonds is 5. The molecule has 0 saturated carbocycles. The molecule has 3 N–H and O–H groups in total. The van der Waals surface area contributed by atoms with Crippen molar-refractivity contribution in [1.82, 2.24) is 25.4 Å². The molecule has 110 valence electrons. The molecule has 2 heterocycles. The van der Waals surface area contributed by atoms with Gasteiger partial charge in [-0.2, -0.15) is 5.10 Å². The first-order chi connectivity index (χ1) is 9.66. The number of carboxylic acids is 1. The van der Waals surface area contributed by atoms with Gasteiger partial charge in [-0.3, -0.25) is 9.89 Å². The van der Waals surface area contributed by atoms with Crippen LogP contribution in [0, 0.1) is 5.92 Å². The molecule has 8 heteroatoms. The van der Waals surface area contributed by atoms with Crippen molar-refractivity contribution in [3.8, 4) is 0 Å². The molecule has 1 atom stereocenters. The number of nitrogens with one attached hydrogen (secondary N) is 2. The van der Waals surface area contributed by atoms with Gasteiger partial charge in [0.1, 0.15) is 12.2 Å². The van der Waals surface area contributed by atoms with E-state index in [0.717, 1.165) is 25.1 Å². The van der Waals surface area contributed by atoms with Crippen LogP contribution in [0.1, 0.15) is 25.1 Å². The van der Waals surface area contributed by atoms with Gasteiger partial charge in [-0.25, -0.2) is 9.78 Å². The number of aromatic amines is 1. The van der Waals surface area contributed by atoms with Crippen molar-refractivity contribution in [2.75, 3.05) is 19.6 Å². The SMILES string of the molecule is O=C(O)[C@@H]1CCCN(C(=O)NCCCc2ncn[nH]2)C1. The van der Waals surface area contributed by atoms with Gasteiger partial charge in [0.05, 0.1) is 5.92 Å². The van der Waals surface area contributed by atoms with E-state index in [2.05, 4.69) is 20.5 Å². The van der Waals surface area contributed by atoms with Crippen LogP contribution in [0.2, 0.25) is 0 Å².